The van der Waals surface area contributed by atoms with Gasteiger partial charge in [-0.05, 0) is 56.6 Å². The maximum Gasteiger partial charge on any atom is 0.218 e. The van der Waals surface area contributed by atoms with Gasteiger partial charge in [-0.3, -0.25) is 9.59 Å². The first kappa shape index (κ1) is 19.3. The molecule has 1 unspecified atom stereocenters. The molecule has 4 nitrogen and oxygen atoms in total. The summed E-state index contributed by atoms with van der Waals surface area (Å²) < 4.78 is 16.8. The van der Waals surface area contributed by atoms with Crippen molar-refractivity contribution in [3.8, 4) is 0 Å². The molecule has 0 aromatic rings. The number of hydrogen-bond acceptors (Lipinski definition) is 4. The summed E-state index contributed by atoms with van der Waals surface area (Å²) in [6.45, 7) is 5.36. The van der Waals surface area contributed by atoms with Crippen molar-refractivity contribution in [3.05, 3.63) is 23.8 Å². The second-order valence-electron chi connectivity index (χ2n) is 9.47. The summed E-state index contributed by atoms with van der Waals surface area (Å²) in [7, 11) is 0. The molecule has 4 rings (SSSR count). The van der Waals surface area contributed by atoms with Crippen LogP contribution in [0.1, 0.15) is 46.5 Å². The Bertz CT molecular complexity index is 793. The third-order valence-electron chi connectivity index (χ3n) is 8.55. The smallest absolute Gasteiger partial charge is 0.218 e. The van der Waals surface area contributed by atoms with E-state index in [0.717, 1.165) is 5.57 Å². The van der Waals surface area contributed by atoms with Crippen molar-refractivity contribution in [1.82, 2.24) is 0 Å². The van der Waals surface area contributed by atoms with Crippen molar-refractivity contribution in [2.45, 2.75) is 63.8 Å². The van der Waals surface area contributed by atoms with Crippen molar-refractivity contribution in [2.24, 2.45) is 28.6 Å². The van der Waals surface area contributed by atoms with Crippen molar-refractivity contribution >= 4 is 23.5 Å². The fraction of sp³-hybridized carbons (Fsp3) is 0.714. The molecule has 0 spiro atoms. The zero-order valence-electron chi connectivity index (χ0n) is 15.9. The average Bonchev–Trinajstić information content (AvgIpc) is 2.79. The summed E-state index contributed by atoms with van der Waals surface area (Å²) in [4.78, 5) is 24.1. The van der Waals surface area contributed by atoms with Gasteiger partial charge in [-0.1, -0.05) is 25.5 Å². The van der Waals surface area contributed by atoms with E-state index in [1.807, 2.05) is 0 Å². The number of rotatable bonds is 1. The Labute approximate surface area is 164 Å². The molecular weight excluding hydrogens is 367 g/mol. The summed E-state index contributed by atoms with van der Waals surface area (Å²) >= 11 is 3.96. The molecule has 4 aliphatic carbocycles. The van der Waals surface area contributed by atoms with E-state index in [0.29, 0.717) is 19.3 Å². The van der Waals surface area contributed by atoms with Crippen LogP contribution < -0.4 is 0 Å². The first-order valence-corrected chi connectivity index (χ1v) is 10.1. The molecule has 3 saturated carbocycles. The first-order chi connectivity index (χ1) is 12.4. The Morgan fingerprint density at radius 1 is 1.33 bits per heavy atom. The van der Waals surface area contributed by atoms with E-state index in [1.54, 1.807) is 26.8 Å². The Kier molecular flexibility index (Phi) is 3.97. The molecule has 6 heteroatoms. The fourth-order valence-electron chi connectivity index (χ4n) is 7.00. The minimum atomic E-state index is -1.94. The Morgan fingerprint density at radius 2 is 2.00 bits per heavy atom. The van der Waals surface area contributed by atoms with Gasteiger partial charge in [0.15, 0.2) is 11.5 Å². The summed E-state index contributed by atoms with van der Waals surface area (Å²) in [6, 6.07) is 0. The van der Waals surface area contributed by atoms with E-state index >= 15 is 4.39 Å². The third kappa shape index (κ3) is 2.02. The summed E-state index contributed by atoms with van der Waals surface area (Å²) in [5.74, 6) is -1.26. The lowest BCUT2D eigenvalue weighted by Crippen LogP contribution is -2.69. The molecule has 8 atom stereocenters. The highest BCUT2D eigenvalue weighted by Crippen LogP contribution is 2.70. The number of thiol groups is 1. The van der Waals surface area contributed by atoms with Crippen LogP contribution >= 0.6 is 12.6 Å². The van der Waals surface area contributed by atoms with Gasteiger partial charge in [-0.15, -0.1) is 12.6 Å². The van der Waals surface area contributed by atoms with Crippen LogP contribution in [0.4, 0.5) is 4.39 Å². The molecule has 0 aliphatic heterocycles. The summed E-state index contributed by atoms with van der Waals surface area (Å²) in [5.41, 5.74) is -4.89. The molecule has 0 aromatic carbocycles. The number of alkyl halides is 1. The van der Waals surface area contributed by atoms with Gasteiger partial charge >= 0.3 is 0 Å². The maximum absolute atomic E-state index is 16.8. The van der Waals surface area contributed by atoms with Crippen molar-refractivity contribution in [1.29, 1.82) is 0 Å². The molecule has 148 valence electrons. The molecule has 3 fully saturated rings. The predicted molar refractivity (Wildman–Crippen MR) is 102 cm³/mol. The number of carbonyl (C=O) groups is 2. The second-order valence-corrected chi connectivity index (χ2v) is 9.88. The van der Waals surface area contributed by atoms with Crippen molar-refractivity contribution in [2.75, 3.05) is 0 Å². The Balaban J connectivity index is 1.85. The van der Waals surface area contributed by atoms with E-state index < -0.39 is 39.2 Å². The molecule has 4 aliphatic rings. The number of hydrogen-bond donors (Lipinski definition) is 3. The summed E-state index contributed by atoms with van der Waals surface area (Å²) in [6.07, 6.45) is 4.71. The van der Waals surface area contributed by atoms with Crippen molar-refractivity contribution in [3.63, 3.8) is 0 Å². The lowest BCUT2D eigenvalue weighted by atomic mass is 9.45. The van der Waals surface area contributed by atoms with Crippen LogP contribution in [-0.4, -0.2) is 38.5 Å². The van der Waals surface area contributed by atoms with Crippen LogP contribution in [0, 0.1) is 28.6 Å². The first-order valence-electron chi connectivity index (χ1n) is 9.70. The zero-order chi connectivity index (χ0) is 20.0. The second kappa shape index (κ2) is 5.55. The van der Waals surface area contributed by atoms with Gasteiger partial charge in [-0.2, -0.15) is 0 Å². The number of aliphatic hydroxyl groups excluding tert-OH is 1. The predicted octanol–water partition coefficient (Wildman–Crippen LogP) is 2.79. The highest BCUT2D eigenvalue weighted by atomic mass is 32.1. The molecule has 0 radical (unpaired) electrons. The molecule has 0 aromatic heterocycles. The van der Waals surface area contributed by atoms with Gasteiger partial charge in [-0.25, -0.2) is 4.39 Å². The van der Waals surface area contributed by atoms with Gasteiger partial charge in [0.2, 0.25) is 5.12 Å². The van der Waals surface area contributed by atoms with Crippen LogP contribution in [0.25, 0.3) is 0 Å². The quantitative estimate of drug-likeness (QED) is 0.598. The number of aliphatic hydroxyl groups is 2. The molecule has 0 heterocycles. The topological polar surface area (TPSA) is 74.6 Å². The van der Waals surface area contributed by atoms with E-state index in [-0.39, 0.29) is 24.0 Å². The number of halogens is 1. The zero-order valence-corrected chi connectivity index (χ0v) is 16.8. The van der Waals surface area contributed by atoms with Crippen LogP contribution in [0.3, 0.4) is 0 Å². The molecule has 0 amide bonds. The van der Waals surface area contributed by atoms with Gasteiger partial charge in [0.05, 0.1) is 6.10 Å². The molecule has 2 N–H and O–H groups in total. The lowest BCUT2D eigenvalue weighted by molar-refractivity contribution is -0.216. The molecular formula is C21H27FO4S. The monoisotopic (exact) mass is 394 g/mol. The number of ketones is 1. The fourth-order valence-corrected chi connectivity index (χ4v) is 7.48. The van der Waals surface area contributed by atoms with Crippen LogP contribution in [0.15, 0.2) is 23.8 Å². The van der Waals surface area contributed by atoms with Gasteiger partial charge in [0.1, 0.15) is 5.60 Å². The van der Waals surface area contributed by atoms with E-state index in [2.05, 4.69) is 12.6 Å². The van der Waals surface area contributed by atoms with Crippen LogP contribution in [0.2, 0.25) is 0 Å². The standard InChI is InChI=1S/C21H27FO4S/c1-11-8-15-14-5-4-12-9-13(23)6-7-18(12,2)20(14,22)16(24)10-19(15,3)21(11,26)17(25)27/h6-7,9,11,14-16,24,26H,4-5,8,10H2,1-3H3,(H,25,27)/t11-,14+,15+,16+,18+,19+,20?,21-/m1/s1. The molecule has 0 saturated heterocycles. The van der Waals surface area contributed by atoms with Crippen LogP contribution in [0.5, 0.6) is 0 Å². The normalized spacial score (nSPS) is 54.0. The average molecular weight is 395 g/mol. The highest BCUT2D eigenvalue weighted by molar-refractivity contribution is 7.96. The van der Waals surface area contributed by atoms with Gasteiger partial charge in [0, 0.05) is 16.7 Å². The highest BCUT2D eigenvalue weighted by Gasteiger charge is 2.75. The lowest BCUT2D eigenvalue weighted by Gasteiger charge is -2.62. The van der Waals surface area contributed by atoms with E-state index in [4.69, 9.17) is 0 Å². The number of allylic oxidation sites excluding steroid dienone is 4. The minimum absolute atomic E-state index is 0.0114. The molecule has 27 heavy (non-hydrogen) atoms. The van der Waals surface area contributed by atoms with Crippen LogP contribution in [-0.2, 0) is 9.59 Å². The summed E-state index contributed by atoms with van der Waals surface area (Å²) in [5, 5.41) is 21.8. The Morgan fingerprint density at radius 3 is 2.63 bits per heavy atom. The minimum Gasteiger partial charge on any atom is -0.390 e. The Hall–Kier alpha value is -0.980. The van der Waals surface area contributed by atoms with Gasteiger partial charge in [0.25, 0.3) is 0 Å². The third-order valence-corrected chi connectivity index (χ3v) is 8.89. The SMILES string of the molecule is C[C@@H]1C[C@H]2[C@@H]3CCC4=CC(=O)C=C[C@]4(C)C3(F)[C@@H](O)C[C@]2(C)[C@]1(O)C(=O)S. The van der Waals surface area contributed by atoms with E-state index in [9.17, 15) is 19.8 Å². The molecule has 0 bridgehead atoms. The number of carbonyl (C=O) groups excluding carboxylic acids is 2. The number of fused-ring (bicyclic) bond motifs is 5. The van der Waals surface area contributed by atoms with Crippen molar-refractivity contribution < 1.29 is 24.2 Å². The van der Waals surface area contributed by atoms with E-state index in [1.165, 1.54) is 12.2 Å². The largest absolute Gasteiger partial charge is 0.390 e. The van der Waals surface area contributed by atoms with Gasteiger partial charge < -0.3 is 10.2 Å². The maximum atomic E-state index is 16.8.